The van der Waals surface area contributed by atoms with Gasteiger partial charge in [0.05, 0.1) is 0 Å². The average Bonchev–Trinajstić information content (AvgIpc) is 2.95. The fourth-order valence-corrected chi connectivity index (χ4v) is 3.13. The third kappa shape index (κ3) is 2.93. The summed E-state index contributed by atoms with van der Waals surface area (Å²) in [7, 11) is 0. The van der Waals surface area contributed by atoms with Crippen LogP contribution in [0, 0.1) is 5.92 Å². The van der Waals surface area contributed by atoms with Crippen LogP contribution < -0.4 is 4.90 Å². The number of Topliss-reactive ketones (excluding diaryl/α,β-unsaturated/α-hetero) is 1. The van der Waals surface area contributed by atoms with Crippen LogP contribution in [0.4, 0.5) is 5.69 Å². The van der Waals surface area contributed by atoms with E-state index in [9.17, 15) is 4.79 Å². The van der Waals surface area contributed by atoms with Gasteiger partial charge in [-0.1, -0.05) is 18.2 Å². The van der Waals surface area contributed by atoms with Crippen LogP contribution in [0.25, 0.3) is 10.8 Å². The zero-order valence-electron chi connectivity index (χ0n) is 12.4. The van der Waals surface area contributed by atoms with E-state index in [1.165, 1.54) is 11.1 Å². The van der Waals surface area contributed by atoms with E-state index in [1.54, 1.807) is 6.92 Å². The predicted octanol–water partition coefficient (Wildman–Crippen LogP) is 3.25. The van der Waals surface area contributed by atoms with Gasteiger partial charge in [0.15, 0.2) is 5.78 Å². The number of carbonyl (C=O) groups is 1. The molecule has 1 unspecified atom stereocenters. The lowest BCUT2D eigenvalue weighted by molar-refractivity contribution is 0.101. The number of ketones is 1. The highest BCUT2D eigenvalue weighted by molar-refractivity contribution is 5.99. The first kappa shape index (κ1) is 14.1. The lowest BCUT2D eigenvalue weighted by Gasteiger charge is -2.19. The fraction of sp³-hybridized carbons (Fsp3) is 0.389. The van der Waals surface area contributed by atoms with Crippen molar-refractivity contribution in [2.75, 3.05) is 24.6 Å². The second-order valence-corrected chi connectivity index (χ2v) is 5.92. The molecule has 1 aliphatic rings. The number of nitrogens with zero attached hydrogens (tertiary/aromatic N) is 1. The molecule has 1 saturated heterocycles. The minimum Gasteiger partial charge on any atom is -0.396 e. The molecule has 1 N–H and O–H groups in total. The molecule has 3 heteroatoms. The Morgan fingerprint density at radius 3 is 2.76 bits per heavy atom. The van der Waals surface area contributed by atoms with Gasteiger partial charge in [0.25, 0.3) is 0 Å². The van der Waals surface area contributed by atoms with Crippen LogP contribution in [0.3, 0.4) is 0 Å². The molecule has 2 aromatic carbocycles. The lowest BCUT2D eigenvalue weighted by atomic mass is 10.0. The van der Waals surface area contributed by atoms with Gasteiger partial charge in [0.1, 0.15) is 0 Å². The predicted molar refractivity (Wildman–Crippen MR) is 86.0 cm³/mol. The molecule has 1 heterocycles. The molecule has 2 aromatic rings. The average molecular weight is 283 g/mol. The van der Waals surface area contributed by atoms with Crippen molar-refractivity contribution in [3.05, 3.63) is 42.0 Å². The van der Waals surface area contributed by atoms with Crippen molar-refractivity contribution in [2.45, 2.75) is 19.8 Å². The maximum Gasteiger partial charge on any atom is 0.159 e. The molecule has 0 aliphatic carbocycles. The number of hydrogen-bond acceptors (Lipinski definition) is 3. The van der Waals surface area contributed by atoms with Crippen LogP contribution in [0.2, 0.25) is 0 Å². The number of aliphatic hydroxyl groups excluding tert-OH is 1. The molecule has 3 nitrogen and oxygen atoms in total. The summed E-state index contributed by atoms with van der Waals surface area (Å²) in [5.41, 5.74) is 2.00. The summed E-state index contributed by atoms with van der Waals surface area (Å²) < 4.78 is 0. The van der Waals surface area contributed by atoms with E-state index in [-0.39, 0.29) is 12.4 Å². The van der Waals surface area contributed by atoms with Crippen molar-refractivity contribution in [2.24, 2.45) is 5.92 Å². The van der Waals surface area contributed by atoms with E-state index < -0.39 is 0 Å². The van der Waals surface area contributed by atoms with Crippen LogP contribution in [0.5, 0.6) is 0 Å². The van der Waals surface area contributed by atoms with Gasteiger partial charge in [0.2, 0.25) is 0 Å². The molecule has 0 spiro atoms. The maximum atomic E-state index is 11.4. The zero-order valence-corrected chi connectivity index (χ0v) is 12.4. The first-order valence-electron chi connectivity index (χ1n) is 7.58. The smallest absolute Gasteiger partial charge is 0.159 e. The Balaban J connectivity index is 1.85. The van der Waals surface area contributed by atoms with Gasteiger partial charge < -0.3 is 10.0 Å². The maximum absolute atomic E-state index is 11.4. The van der Waals surface area contributed by atoms with Gasteiger partial charge in [-0.3, -0.25) is 4.79 Å². The minimum absolute atomic E-state index is 0.104. The number of carbonyl (C=O) groups excluding carboxylic acids is 1. The van der Waals surface area contributed by atoms with Gasteiger partial charge in [-0.05, 0) is 54.7 Å². The highest BCUT2D eigenvalue weighted by Crippen LogP contribution is 2.28. The van der Waals surface area contributed by atoms with Gasteiger partial charge in [-0.15, -0.1) is 0 Å². The van der Waals surface area contributed by atoms with E-state index in [2.05, 4.69) is 23.1 Å². The molecule has 0 amide bonds. The van der Waals surface area contributed by atoms with E-state index in [1.807, 2.05) is 18.2 Å². The monoisotopic (exact) mass is 283 g/mol. The van der Waals surface area contributed by atoms with Gasteiger partial charge in [-0.2, -0.15) is 0 Å². The van der Waals surface area contributed by atoms with Crippen LogP contribution in [-0.4, -0.2) is 30.6 Å². The second-order valence-electron chi connectivity index (χ2n) is 5.92. The number of benzene rings is 2. The summed E-state index contributed by atoms with van der Waals surface area (Å²) >= 11 is 0. The van der Waals surface area contributed by atoms with Crippen LogP contribution in [0.1, 0.15) is 30.1 Å². The largest absolute Gasteiger partial charge is 0.396 e. The van der Waals surface area contributed by atoms with E-state index >= 15 is 0 Å². The first-order chi connectivity index (χ1) is 10.2. The van der Waals surface area contributed by atoms with Crippen molar-refractivity contribution in [3.63, 3.8) is 0 Å². The van der Waals surface area contributed by atoms with Crippen LogP contribution >= 0.6 is 0 Å². The quantitative estimate of drug-likeness (QED) is 0.876. The van der Waals surface area contributed by atoms with Gasteiger partial charge >= 0.3 is 0 Å². The van der Waals surface area contributed by atoms with Crippen molar-refractivity contribution >= 4 is 22.2 Å². The SMILES string of the molecule is CC(=O)c1ccc2cc(N3CCC(CCO)C3)ccc2c1. The third-order valence-electron chi connectivity index (χ3n) is 4.42. The molecule has 1 fully saturated rings. The van der Waals surface area contributed by atoms with Crippen LogP contribution in [0.15, 0.2) is 36.4 Å². The zero-order chi connectivity index (χ0) is 14.8. The Bertz CT molecular complexity index is 665. The van der Waals surface area contributed by atoms with Gasteiger partial charge in [-0.25, -0.2) is 0 Å². The summed E-state index contributed by atoms with van der Waals surface area (Å²) in [4.78, 5) is 13.8. The molecular formula is C18H21NO2. The highest BCUT2D eigenvalue weighted by atomic mass is 16.3. The summed E-state index contributed by atoms with van der Waals surface area (Å²) in [5.74, 6) is 0.707. The first-order valence-corrected chi connectivity index (χ1v) is 7.58. The molecular weight excluding hydrogens is 262 g/mol. The Kier molecular flexibility index (Phi) is 3.93. The Morgan fingerprint density at radius 2 is 2.00 bits per heavy atom. The molecule has 0 saturated carbocycles. The van der Waals surface area contributed by atoms with Gasteiger partial charge in [0, 0.05) is 30.9 Å². The molecule has 1 aliphatic heterocycles. The fourth-order valence-electron chi connectivity index (χ4n) is 3.13. The second kappa shape index (κ2) is 5.86. The number of rotatable bonds is 4. The Hall–Kier alpha value is -1.87. The Labute approximate surface area is 125 Å². The molecule has 0 radical (unpaired) electrons. The molecule has 1 atom stereocenters. The summed E-state index contributed by atoms with van der Waals surface area (Å²) in [5, 5.41) is 11.3. The van der Waals surface area contributed by atoms with E-state index in [0.717, 1.165) is 36.9 Å². The molecule has 3 rings (SSSR count). The number of hydrogen-bond donors (Lipinski definition) is 1. The van der Waals surface area contributed by atoms with Crippen molar-refractivity contribution in [1.29, 1.82) is 0 Å². The number of aliphatic hydroxyl groups is 1. The minimum atomic E-state index is 0.104. The van der Waals surface area contributed by atoms with E-state index in [4.69, 9.17) is 5.11 Å². The third-order valence-corrected chi connectivity index (χ3v) is 4.42. The Morgan fingerprint density at radius 1 is 1.24 bits per heavy atom. The lowest BCUT2D eigenvalue weighted by Crippen LogP contribution is -2.19. The van der Waals surface area contributed by atoms with Crippen LogP contribution in [-0.2, 0) is 0 Å². The summed E-state index contributed by atoms with van der Waals surface area (Å²) in [6, 6.07) is 12.3. The molecule has 110 valence electrons. The van der Waals surface area contributed by atoms with Crippen molar-refractivity contribution in [3.8, 4) is 0 Å². The molecule has 21 heavy (non-hydrogen) atoms. The highest BCUT2D eigenvalue weighted by Gasteiger charge is 2.22. The van der Waals surface area contributed by atoms with E-state index in [0.29, 0.717) is 5.92 Å². The summed E-state index contributed by atoms with van der Waals surface area (Å²) in [6.45, 7) is 3.96. The number of fused-ring (bicyclic) bond motifs is 1. The van der Waals surface area contributed by atoms with Crippen molar-refractivity contribution in [1.82, 2.24) is 0 Å². The summed E-state index contributed by atoms with van der Waals surface area (Å²) in [6.07, 6.45) is 2.05. The van der Waals surface area contributed by atoms with Crippen molar-refractivity contribution < 1.29 is 9.90 Å². The normalized spacial score (nSPS) is 18.4. The number of anilines is 1. The molecule has 0 aromatic heterocycles. The molecule has 0 bridgehead atoms. The standard InChI is InChI=1S/C18H21NO2/c1-13(21)15-2-3-17-11-18(5-4-16(17)10-15)19-8-6-14(12-19)7-9-20/h2-5,10-11,14,20H,6-9,12H2,1H3. The topological polar surface area (TPSA) is 40.5 Å².